The summed E-state index contributed by atoms with van der Waals surface area (Å²) in [6, 6.07) is 7.01. The fraction of sp³-hybridized carbons (Fsp3) is 0.300. The first kappa shape index (κ1) is 19.8. The zero-order chi connectivity index (χ0) is 20.4. The Kier molecular flexibility index (Phi) is 5.60. The van der Waals surface area contributed by atoms with E-state index in [0.717, 1.165) is 16.7 Å². The minimum absolute atomic E-state index is 0.0191. The predicted octanol–water partition coefficient (Wildman–Crippen LogP) is 2.76. The van der Waals surface area contributed by atoms with E-state index in [0.29, 0.717) is 10.2 Å². The van der Waals surface area contributed by atoms with E-state index in [1.165, 1.54) is 41.1 Å². The van der Waals surface area contributed by atoms with Gasteiger partial charge >= 0.3 is 5.97 Å². The van der Waals surface area contributed by atoms with Crippen molar-refractivity contribution in [3.8, 4) is 11.1 Å². The van der Waals surface area contributed by atoms with Crippen LogP contribution in [0.1, 0.15) is 18.9 Å². The first-order valence-electron chi connectivity index (χ1n) is 8.81. The Labute approximate surface area is 165 Å². The van der Waals surface area contributed by atoms with Crippen molar-refractivity contribution in [2.45, 2.75) is 32.9 Å². The molecule has 1 atom stereocenters. The van der Waals surface area contributed by atoms with Gasteiger partial charge in [0.2, 0.25) is 5.91 Å². The molecule has 0 saturated carbocycles. The molecule has 2 heterocycles. The van der Waals surface area contributed by atoms with Gasteiger partial charge in [-0.2, -0.15) is 0 Å². The van der Waals surface area contributed by atoms with Crippen LogP contribution in [0.2, 0.25) is 0 Å². The van der Waals surface area contributed by atoms with Gasteiger partial charge in [0, 0.05) is 31.0 Å². The number of hydrogen-bond acceptors (Lipinski definition) is 5. The third-order valence-corrected chi connectivity index (χ3v) is 5.71. The number of rotatable bonds is 6. The average Bonchev–Trinajstić information content (AvgIpc) is 3.11. The number of likely N-dealkylation sites (N-methyl/N-ethyl adjacent to an activating group) is 1. The second-order valence-corrected chi connectivity index (χ2v) is 7.57. The molecule has 0 aliphatic rings. The summed E-state index contributed by atoms with van der Waals surface area (Å²) in [5, 5.41) is 11.5. The van der Waals surface area contributed by atoms with Crippen molar-refractivity contribution in [1.82, 2.24) is 14.5 Å². The van der Waals surface area contributed by atoms with Crippen molar-refractivity contribution < 1.29 is 14.7 Å². The lowest BCUT2D eigenvalue weighted by Crippen LogP contribution is -2.40. The monoisotopic (exact) mass is 399 g/mol. The van der Waals surface area contributed by atoms with Crippen molar-refractivity contribution in [3.05, 3.63) is 51.9 Å². The van der Waals surface area contributed by atoms with Crippen molar-refractivity contribution in [1.29, 1.82) is 0 Å². The molecule has 3 rings (SSSR count). The Morgan fingerprint density at radius 3 is 2.61 bits per heavy atom. The molecule has 0 aliphatic carbocycles. The van der Waals surface area contributed by atoms with Gasteiger partial charge in [-0.15, -0.1) is 11.3 Å². The smallest absolute Gasteiger partial charge is 0.326 e. The van der Waals surface area contributed by atoms with Gasteiger partial charge in [0.05, 0.1) is 11.7 Å². The molecule has 1 N–H and O–H groups in total. The van der Waals surface area contributed by atoms with Crippen LogP contribution in [0, 0.1) is 6.92 Å². The lowest BCUT2D eigenvalue weighted by atomic mass is 10.1. The minimum Gasteiger partial charge on any atom is -0.480 e. The second kappa shape index (κ2) is 7.93. The Balaban J connectivity index is 1.87. The van der Waals surface area contributed by atoms with E-state index in [2.05, 4.69) is 4.98 Å². The van der Waals surface area contributed by atoms with E-state index in [-0.39, 0.29) is 24.4 Å². The number of amides is 1. The largest absolute Gasteiger partial charge is 0.480 e. The number of carbonyl (C=O) groups is 2. The number of thiophene rings is 1. The standard InChI is InChI=1S/C20H21N3O4S/c1-12-4-6-14(7-5-12)15-10-28-18-17(15)19(25)23(11-21-18)9-8-16(24)22(3)13(2)20(26)27/h4-7,10-11,13H,8-9H2,1-3H3,(H,26,27). The van der Waals surface area contributed by atoms with Crippen LogP contribution in [0.15, 0.2) is 40.8 Å². The lowest BCUT2D eigenvalue weighted by molar-refractivity contribution is -0.148. The van der Waals surface area contributed by atoms with Crippen LogP contribution in [0.5, 0.6) is 0 Å². The molecule has 0 radical (unpaired) electrons. The van der Waals surface area contributed by atoms with E-state index in [4.69, 9.17) is 5.11 Å². The van der Waals surface area contributed by atoms with Gasteiger partial charge in [0.15, 0.2) is 0 Å². The van der Waals surface area contributed by atoms with Crippen molar-refractivity contribution in [3.63, 3.8) is 0 Å². The molecule has 1 amide bonds. The molecule has 0 bridgehead atoms. The van der Waals surface area contributed by atoms with Crippen LogP contribution in [-0.2, 0) is 16.1 Å². The molecule has 0 aliphatic heterocycles. The zero-order valence-corrected chi connectivity index (χ0v) is 16.7. The van der Waals surface area contributed by atoms with E-state index >= 15 is 0 Å². The van der Waals surface area contributed by atoms with Crippen LogP contribution >= 0.6 is 11.3 Å². The van der Waals surface area contributed by atoms with Gasteiger partial charge in [-0.25, -0.2) is 9.78 Å². The topological polar surface area (TPSA) is 92.5 Å². The summed E-state index contributed by atoms with van der Waals surface area (Å²) >= 11 is 1.41. The number of fused-ring (bicyclic) bond motifs is 1. The number of aryl methyl sites for hydroxylation is 2. The molecule has 1 unspecified atom stereocenters. The SMILES string of the molecule is Cc1ccc(-c2csc3ncn(CCC(=O)N(C)C(C)C(=O)O)c(=O)c23)cc1. The van der Waals surface area contributed by atoms with Gasteiger partial charge in [0.1, 0.15) is 10.9 Å². The van der Waals surface area contributed by atoms with E-state index in [9.17, 15) is 14.4 Å². The highest BCUT2D eigenvalue weighted by molar-refractivity contribution is 7.17. The minimum atomic E-state index is -1.07. The van der Waals surface area contributed by atoms with Crippen LogP contribution in [-0.4, -0.2) is 44.5 Å². The van der Waals surface area contributed by atoms with Gasteiger partial charge in [-0.3, -0.25) is 14.2 Å². The van der Waals surface area contributed by atoms with Crippen LogP contribution in [0.3, 0.4) is 0 Å². The predicted molar refractivity (Wildman–Crippen MR) is 109 cm³/mol. The number of aromatic nitrogens is 2. The number of hydrogen-bond donors (Lipinski definition) is 1. The Bertz CT molecular complexity index is 1090. The highest BCUT2D eigenvalue weighted by atomic mass is 32.1. The molecule has 28 heavy (non-hydrogen) atoms. The first-order chi connectivity index (χ1) is 13.3. The molecule has 1 aromatic carbocycles. The molecule has 146 valence electrons. The maximum atomic E-state index is 13.0. The maximum absolute atomic E-state index is 13.0. The second-order valence-electron chi connectivity index (χ2n) is 6.71. The molecule has 0 saturated heterocycles. The summed E-state index contributed by atoms with van der Waals surface area (Å²) in [5.74, 6) is -1.41. The number of carboxylic acids is 1. The molecule has 8 heteroatoms. The molecule has 2 aromatic heterocycles. The maximum Gasteiger partial charge on any atom is 0.326 e. The molecule has 3 aromatic rings. The molecular weight excluding hydrogens is 378 g/mol. The third-order valence-electron chi connectivity index (χ3n) is 4.82. The van der Waals surface area contributed by atoms with Gasteiger partial charge in [0.25, 0.3) is 5.56 Å². The normalized spacial score (nSPS) is 12.1. The van der Waals surface area contributed by atoms with Gasteiger partial charge in [-0.1, -0.05) is 29.8 Å². The van der Waals surface area contributed by atoms with Crippen molar-refractivity contribution in [2.24, 2.45) is 0 Å². The number of nitrogens with zero attached hydrogens (tertiary/aromatic N) is 3. The van der Waals surface area contributed by atoms with E-state index in [1.54, 1.807) is 0 Å². The van der Waals surface area contributed by atoms with Crippen molar-refractivity contribution in [2.75, 3.05) is 7.05 Å². The van der Waals surface area contributed by atoms with Crippen LogP contribution in [0.25, 0.3) is 21.3 Å². The summed E-state index contributed by atoms with van der Waals surface area (Å²) < 4.78 is 1.41. The number of carbonyl (C=O) groups excluding carboxylic acids is 1. The quantitative estimate of drug-likeness (QED) is 0.688. The summed E-state index contributed by atoms with van der Waals surface area (Å²) in [7, 11) is 1.44. The van der Waals surface area contributed by atoms with E-state index in [1.807, 2.05) is 36.6 Å². The van der Waals surface area contributed by atoms with Gasteiger partial charge in [-0.05, 0) is 19.4 Å². The Hall–Kier alpha value is -3.00. The molecule has 0 spiro atoms. The van der Waals surface area contributed by atoms with Crippen LogP contribution < -0.4 is 5.56 Å². The first-order valence-corrected chi connectivity index (χ1v) is 9.69. The third kappa shape index (κ3) is 3.82. The summed E-state index contributed by atoms with van der Waals surface area (Å²) in [6.45, 7) is 3.59. The number of benzene rings is 1. The molecule has 7 nitrogen and oxygen atoms in total. The molecule has 0 fully saturated rings. The van der Waals surface area contributed by atoms with Gasteiger partial charge < -0.3 is 10.0 Å². The molecular formula is C20H21N3O4S. The summed E-state index contributed by atoms with van der Waals surface area (Å²) in [4.78, 5) is 42.4. The lowest BCUT2D eigenvalue weighted by Gasteiger charge is -2.21. The Morgan fingerprint density at radius 1 is 1.29 bits per heavy atom. The fourth-order valence-electron chi connectivity index (χ4n) is 2.85. The highest BCUT2D eigenvalue weighted by Gasteiger charge is 2.21. The van der Waals surface area contributed by atoms with Crippen LogP contribution in [0.4, 0.5) is 0 Å². The summed E-state index contributed by atoms with van der Waals surface area (Å²) in [6.07, 6.45) is 1.46. The number of carboxylic acid groups (broad SMARTS) is 1. The Morgan fingerprint density at radius 2 is 1.96 bits per heavy atom. The number of aliphatic carboxylic acids is 1. The highest BCUT2D eigenvalue weighted by Crippen LogP contribution is 2.30. The fourth-order valence-corrected chi connectivity index (χ4v) is 3.75. The summed E-state index contributed by atoms with van der Waals surface area (Å²) in [5.41, 5.74) is 2.70. The zero-order valence-electron chi connectivity index (χ0n) is 15.9. The van der Waals surface area contributed by atoms with E-state index < -0.39 is 12.0 Å². The average molecular weight is 399 g/mol. The van der Waals surface area contributed by atoms with Crippen molar-refractivity contribution >= 4 is 33.4 Å².